The number of benzene rings is 1. The van der Waals surface area contributed by atoms with Gasteiger partial charge in [0.15, 0.2) is 0 Å². The first-order valence-corrected chi connectivity index (χ1v) is 12.0. The van der Waals surface area contributed by atoms with Gasteiger partial charge in [0.05, 0.1) is 0 Å². The molecule has 0 bridgehead atoms. The van der Waals surface area contributed by atoms with Crippen LogP contribution in [0.2, 0.25) is 0 Å². The van der Waals surface area contributed by atoms with Gasteiger partial charge < -0.3 is 10.2 Å². The Hall–Kier alpha value is -1.15. The molecule has 0 spiro atoms. The lowest BCUT2D eigenvalue weighted by atomic mass is 9.83. The quantitative estimate of drug-likeness (QED) is 0.469. The number of piperidine rings is 1. The Morgan fingerprint density at radius 3 is 2.39 bits per heavy atom. The SMILES string of the molecule is O=C(NC1CCC(CCCN2CCC(Cc3cc(F)ccc3Br)CC2)CC1)C(F)(F)F. The van der Waals surface area contributed by atoms with Crippen LogP contribution in [0.3, 0.4) is 0 Å². The summed E-state index contributed by atoms with van der Waals surface area (Å²) in [5.41, 5.74) is 1.04. The summed E-state index contributed by atoms with van der Waals surface area (Å²) >= 11 is 3.52. The van der Waals surface area contributed by atoms with E-state index >= 15 is 0 Å². The Bertz CT molecular complexity index is 727. The van der Waals surface area contributed by atoms with E-state index in [0.717, 1.165) is 74.6 Å². The average molecular weight is 507 g/mol. The molecule has 1 aromatic rings. The van der Waals surface area contributed by atoms with E-state index in [1.807, 2.05) is 0 Å². The van der Waals surface area contributed by atoms with Crippen molar-refractivity contribution < 1.29 is 22.4 Å². The number of carbonyl (C=O) groups is 1. The normalized spacial score (nSPS) is 23.6. The second-order valence-corrected chi connectivity index (χ2v) is 9.91. The first-order valence-electron chi connectivity index (χ1n) is 11.2. The molecule has 1 saturated heterocycles. The lowest BCUT2D eigenvalue weighted by molar-refractivity contribution is -0.174. The fraction of sp³-hybridized carbons (Fsp3) is 0.696. The Morgan fingerprint density at radius 2 is 1.74 bits per heavy atom. The van der Waals surface area contributed by atoms with E-state index in [0.29, 0.717) is 24.7 Å². The number of rotatable bonds is 7. The van der Waals surface area contributed by atoms with Crippen LogP contribution in [-0.4, -0.2) is 42.7 Å². The topological polar surface area (TPSA) is 32.3 Å². The van der Waals surface area contributed by atoms with Crippen molar-refractivity contribution >= 4 is 21.8 Å². The first kappa shape index (κ1) is 24.5. The van der Waals surface area contributed by atoms with Crippen molar-refractivity contribution in [2.24, 2.45) is 11.8 Å². The number of halogens is 5. The molecule has 8 heteroatoms. The third-order valence-corrected chi connectivity index (χ3v) is 7.52. The number of hydrogen-bond acceptors (Lipinski definition) is 2. The van der Waals surface area contributed by atoms with Gasteiger partial charge in [0.1, 0.15) is 5.82 Å². The van der Waals surface area contributed by atoms with Crippen molar-refractivity contribution in [2.75, 3.05) is 19.6 Å². The van der Waals surface area contributed by atoms with Crippen LogP contribution in [0.15, 0.2) is 22.7 Å². The minimum absolute atomic E-state index is 0.188. The highest BCUT2D eigenvalue weighted by molar-refractivity contribution is 9.10. The van der Waals surface area contributed by atoms with Crippen molar-refractivity contribution in [3.05, 3.63) is 34.1 Å². The molecular weight excluding hydrogens is 476 g/mol. The van der Waals surface area contributed by atoms with Crippen LogP contribution in [0.25, 0.3) is 0 Å². The van der Waals surface area contributed by atoms with Gasteiger partial charge in [0.25, 0.3) is 0 Å². The van der Waals surface area contributed by atoms with Crippen molar-refractivity contribution in [1.29, 1.82) is 0 Å². The third kappa shape index (κ3) is 7.74. The van der Waals surface area contributed by atoms with Crippen molar-refractivity contribution in [1.82, 2.24) is 10.2 Å². The van der Waals surface area contributed by atoms with Crippen LogP contribution >= 0.6 is 15.9 Å². The summed E-state index contributed by atoms with van der Waals surface area (Å²) in [4.78, 5) is 13.6. The zero-order valence-electron chi connectivity index (χ0n) is 17.7. The van der Waals surface area contributed by atoms with Crippen LogP contribution in [0, 0.1) is 17.7 Å². The number of carbonyl (C=O) groups excluding carboxylic acids is 1. The van der Waals surface area contributed by atoms with Crippen LogP contribution < -0.4 is 5.32 Å². The van der Waals surface area contributed by atoms with Crippen LogP contribution in [-0.2, 0) is 11.2 Å². The lowest BCUT2D eigenvalue weighted by Crippen LogP contribution is -2.44. The molecule has 2 fully saturated rings. The van der Waals surface area contributed by atoms with E-state index in [9.17, 15) is 22.4 Å². The monoisotopic (exact) mass is 506 g/mol. The number of amides is 1. The molecule has 3 nitrogen and oxygen atoms in total. The standard InChI is InChI=1S/C23H31BrF4N2O/c24-21-8-5-19(25)15-18(21)14-17-9-12-30(13-10-17)11-1-2-16-3-6-20(7-4-16)29-22(31)23(26,27)28/h5,8,15-17,20H,1-4,6-7,9-14H2,(H,29,31). The molecule has 1 amide bonds. The molecule has 1 aromatic carbocycles. The molecule has 1 heterocycles. The Labute approximate surface area is 190 Å². The van der Waals surface area contributed by atoms with Gasteiger partial charge in [-0.05, 0) is 113 Å². The van der Waals surface area contributed by atoms with Crippen molar-refractivity contribution in [2.45, 2.75) is 70.0 Å². The third-order valence-electron chi connectivity index (χ3n) is 6.75. The molecule has 1 aliphatic carbocycles. The highest BCUT2D eigenvalue weighted by Crippen LogP contribution is 2.30. The van der Waals surface area contributed by atoms with E-state index in [1.54, 1.807) is 12.1 Å². The zero-order chi connectivity index (χ0) is 22.4. The van der Waals surface area contributed by atoms with Crippen LogP contribution in [0.4, 0.5) is 17.6 Å². The summed E-state index contributed by atoms with van der Waals surface area (Å²) in [5, 5.41) is 2.12. The summed E-state index contributed by atoms with van der Waals surface area (Å²) in [6.07, 6.45) is 3.57. The van der Waals surface area contributed by atoms with Gasteiger partial charge in [-0.2, -0.15) is 13.2 Å². The summed E-state index contributed by atoms with van der Waals surface area (Å²) in [7, 11) is 0. The Balaban J connectivity index is 1.29. The molecule has 174 valence electrons. The molecule has 1 saturated carbocycles. The van der Waals surface area contributed by atoms with Gasteiger partial charge >= 0.3 is 12.1 Å². The number of likely N-dealkylation sites (tertiary alicyclic amines) is 1. The minimum atomic E-state index is -4.79. The highest BCUT2D eigenvalue weighted by Gasteiger charge is 2.40. The molecule has 3 rings (SSSR count). The number of hydrogen-bond donors (Lipinski definition) is 1. The van der Waals surface area contributed by atoms with Crippen molar-refractivity contribution in [3.63, 3.8) is 0 Å². The molecule has 2 aliphatic rings. The summed E-state index contributed by atoms with van der Waals surface area (Å²) in [6, 6.07) is 4.53. The van der Waals surface area contributed by atoms with Gasteiger partial charge in [0, 0.05) is 10.5 Å². The van der Waals surface area contributed by atoms with Crippen LogP contribution in [0.5, 0.6) is 0 Å². The van der Waals surface area contributed by atoms with E-state index in [1.165, 1.54) is 6.07 Å². The highest BCUT2D eigenvalue weighted by atomic mass is 79.9. The first-order chi connectivity index (χ1) is 14.7. The second kappa shape index (κ2) is 11.1. The Kier molecular flexibility index (Phi) is 8.79. The van der Waals surface area contributed by atoms with E-state index in [4.69, 9.17) is 0 Å². The van der Waals surface area contributed by atoms with Crippen molar-refractivity contribution in [3.8, 4) is 0 Å². The number of nitrogens with one attached hydrogen (secondary N) is 1. The van der Waals surface area contributed by atoms with E-state index in [2.05, 4.69) is 26.1 Å². The summed E-state index contributed by atoms with van der Waals surface area (Å²) in [5.74, 6) is -0.880. The smallest absolute Gasteiger partial charge is 0.346 e. The molecule has 0 aromatic heterocycles. The predicted molar refractivity (Wildman–Crippen MR) is 116 cm³/mol. The summed E-state index contributed by atoms with van der Waals surface area (Å²) in [6.45, 7) is 3.18. The largest absolute Gasteiger partial charge is 0.471 e. The molecule has 1 N–H and O–H groups in total. The maximum Gasteiger partial charge on any atom is 0.471 e. The maximum atomic E-state index is 13.5. The van der Waals surface area contributed by atoms with Gasteiger partial charge in [-0.1, -0.05) is 15.9 Å². The lowest BCUT2D eigenvalue weighted by Gasteiger charge is -2.33. The van der Waals surface area contributed by atoms with E-state index in [-0.39, 0.29) is 11.9 Å². The van der Waals surface area contributed by atoms with Gasteiger partial charge in [-0.15, -0.1) is 0 Å². The molecule has 0 atom stereocenters. The van der Waals surface area contributed by atoms with E-state index < -0.39 is 12.1 Å². The molecule has 1 aliphatic heterocycles. The van der Waals surface area contributed by atoms with Gasteiger partial charge in [-0.3, -0.25) is 4.79 Å². The zero-order valence-corrected chi connectivity index (χ0v) is 19.3. The average Bonchev–Trinajstić information content (AvgIpc) is 2.72. The summed E-state index contributed by atoms with van der Waals surface area (Å²) < 4.78 is 51.5. The molecule has 0 unspecified atom stereocenters. The predicted octanol–water partition coefficient (Wildman–Crippen LogP) is 5.86. The van der Waals surface area contributed by atoms with Crippen LogP contribution in [0.1, 0.15) is 56.9 Å². The van der Waals surface area contributed by atoms with Gasteiger partial charge in [-0.25, -0.2) is 4.39 Å². The second-order valence-electron chi connectivity index (χ2n) is 9.06. The molecule has 31 heavy (non-hydrogen) atoms. The molecular formula is C23H31BrF4N2O. The number of nitrogens with zero attached hydrogens (tertiary/aromatic N) is 1. The fourth-order valence-electron chi connectivity index (χ4n) is 4.89. The molecule has 0 radical (unpaired) electrons. The van der Waals surface area contributed by atoms with Gasteiger partial charge in [0.2, 0.25) is 0 Å². The maximum absolute atomic E-state index is 13.5. The minimum Gasteiger partial charge on any atom is -0.346 e. The Morgan fingerprint density at radius 1 is 1.06 bits per heavy atom. The number of alkyl halides is 3. The fourth-order valence-corrected chi connectivity index (χ4v) is 5.30.